The third-order valence-electron chi connectivity index (χ3n) is 2.15. The van der Waals surface area contributed by atoms with Gasteiger partial charge in [-0.1, -0.05) is 5.21 Å². The zero-order valence-electron chi connectivity index (χ0n) is 9.43. The Kier molecular flexibility index (Phi) is 3.31. The van der Waals surface area contributed by atoms with Crippen LogP contribution in [0, 0.1) is 11.6 Å². The van der Waals surface area contributed by atoms with Gasteiger partial charge in [0.2, 0.25) is 0 Å². The first kappa shape index (κ1) is 12.2. The molecule has 0 bridgehead atoms. The summed E-state index contributed by atoms with van der Waals surface area (Å²) in [6.07, 6.45) is 1.28. The van der Waals surface area contributed by atoms with Crippen molar-refractivity contribution in [3.63, 3.8) is 0 Å². The van der Waals surface area contributed by atoms with Crippen LogP contribution < -0.4 is 0 Å². The van der Waals surface area contributed by atoms with Crippen LogP contribution >= 0.6 is 0 Å². The summed E-state index contributed by atoms with van der Waals surface area (Å²) >= 11 is 0. The van der Waals surface area contributed by atoms with Crippen molar-refractivity contribution in [2.45, 2.75) is 6.92 Å². The summed E-state index contributed by atoms with van der Waals surface area (Å²) in [6, 6.07) is 3.25. The summed E-state index contributed by atoms with van der Waals surface area (Å²) in [5.41, 5.74) is 0.263. The second-order valence-corrected chi connectivity index (χ2v) is 3.37. The highest BCUT2D eigenvalue weighted by Crippen LogP contribution is 2.12. The summed E-state index contributed by atoms with van der Waals surface area (Å²) in [5, 5.41) is 7.22. The van der Waals surface area contributed by atoms with Gasteiger partial charge >= 0.3 is 5.97 Å². The van der Waals surface area contributed by atoms with Gasteiger partial charge in [-0.05, 0) is 19.1 Å². The molecule has 0 amide bonds. The zero-order chi connectivity index (χ0) is 13.1. The van der Waals surface area contributed by atoms with Gasteiger partial charge in [-0.15, -0.1) is 5.10 Å². The lowest BCUT2D eigenvalue weighted by atomic mass is 10.3. The number of nitrogens with zero attached hydrogens (tertiary/aromatic N) is 3. The van der Waals surface area contributed by atoms with Crippen LogP contribution in [0.4, 0.5) is 8.78 Å². The van der Waals surface area contributed by atoms with Gasteiger partial charge in [0.05, 0.1) is 18.5 Å². The molecule has 0 aliphatic rings. The van der Waals surface area contributed by atoms with Gasteiger partial charge in [0.25, 0.3) is 0 Å². The van der Waals surface area contributed by atoms with Crippen LogP contribution in [0.2, 0.25) is 0 Å². The number of esters is 1. The van der Waals surface area contributed by atoms with Crippen LogP contribution in [0.25, 0.3) is 5.69 Å². The maximum Gasteiger partial charge on any atom is 0.360 e. The van der Waals surface area contributed by atoms with E-state index in [-0.39, 0.29) is 18.0 Å². The van der Waals surface area contributed by atoms with Crippen LogP contribution in [0.3, 0.4) is 0 Å². The van der Waals surface area contributed by atoms with Gasteiger partial charge in [0.15, 0.2) is 17.3 Å². The maximum atomic E-state index is 13.0. The van der Waals surface area contributed by atoms with Gasteiger partial charge in [0, 0.05) is 6.07 Å². The first-order valence-corrected chi connectivity index (χ1v) is 5.16. The predicted octanol–water partition coefficient (Wildman–Crippen LogP) is 1.72. The van der Waals surface area contributed by atoms with E-state index < -0.39 is 17.6 Å². The molecule has 0 saturated heterocycles. The molecule has 0 spiro atoms. The topological polar surface area (TPSA) is 57.0 Å². The molecule has 0 fully saturated rings. The molecule has 2 aromatic rings. The number of halogens is 2. The van der Waals surface area contributed by atoms with Crippen molar-refractivity contribution in [1.82, 2.24) is 15.0 Å². The Morgan fingerprint density at radius 2 is 2.17 bits per heavy atom. The molecule has 1 aromatic heterocycles. The summed E-state index contributed by atoms with van der Waals surface area (Å²) in [4.78, 5) is 11.3. The van der Waals surface area contributed by atoms with Crippen molar-refractivity contribution in [3.8, 4) is 5.69 Å². The number of hydrogen-bond donors (Lipinski definition) is 0. The van der Waals surface area contributed by atoms with E-state index in [9.17, 15) is 13.6 Å². The van der Waals surface area contributed by atoms with E-state index in [1.807, 2.05) is 0 Å². The van der Waals surface area contributed by atoms with Crippen molar-refractivity contribution in [1.29, 1.82) is 0 Å². The second kappa shape index (κ2) is 4.91. The number of benzene rings is 1. The molecule has 1 aromatic carbocycles. The average Bonchev–Trinajstić information content (AvgIpc) is 2.82. The Hall–Kier alpha value is -2.31. The second-order valence-electron chi connectivity index (χ2n) is 3.37. The Morgan fingerprint density at radius 3 is 2.83 bits per heavy atom. The number of aromatic nitrogens is 3. The Balaban J connectivity index is 2.29. The van der Waals surface area contributed by atoms with E-state index in [1.165, 1.54) is 12.3 Å². The fourth-order valence-corrected chi connectivity index (χ4v) is 1.32. The number of ether oxygens (including phenoxy) is 1. The molecule has 0 aliphatic carbocycles. The molecular formula is C11H9F2N3O2. The zero-order valence-corrected chi connectivity index (χ0v) is 9.43. The van der Waals surface area contributed by atoms with E-state index in [2.05, 4.69) is 10.3 Å². The predicted molar refractivity (Wildman–Crippen MR) is 57.2 cm³/mol. The normalized spacial score (nSPS) is 10.4. The number of rotatable bonds is 3. The number of carbonyl (C=O) groups excluding carboxylic acids is 1. The summed E-state index contributed by atoms with van der Waals surface area (Å²) in [6.45, 7) is 1.88. The Morgan fingerprint density at radius 1 is 1.39 bits per heavy atom. The summed E-state index contributed by atoms with van der Waals surface area (Å²) < 4.78 is 31.7. The van der Waals surface area contributed by atoms with E-state index >= 15 is 0 Å². The third-order valence-corrected chi connectivity index (χ3v) is 2.15. The van der Waals surface area contributed by atoms with Crippen LogP contribution in [0.1, 0.15) is 17.4 Å². The van der Waals surface area contributed by atoms with E-state index in [4.69, 9.17) is 4.74 Å². The maximum absolute atomic E-state index is 13.0. The minimum absolute atomic E-state index is 0.00147. The van der Waals surface area contributed by atoms with E-state index in [1.54, 1.807) is 6.92 Å². The van der Waals surface area contributed by atoms with Crippen molar-refractivity contribution in [3.05, 3.63) is 41.7 Å². The van der Waals surface area contributed by atoms with Gasteiger partial charge in [-0.3, -0.25) is 0 Å². The summed E-state index contributed by atoms with van der Waals surface area (Å²) in [5.74, 6) is -2.57. The highest BCUT2D eigenvalue weighted by atomic mass is 19.2. The molecule has 0 radical (unpaired) electrons. The third kappa shape index (κ3) is 2.34. The monoisotopic (exact) mass is 253 g/mol. The van der Waals surface area contributed by atoms with Crippen LogP contribution in [0.5, 0.6) is 0 Å². The standard InChI is InChI=1S/C11H9F2N3O2/c1-2-18-11(17)10-6-16(15-14-10)7-3-4-8(12)9(13)5-7/h3-6H,2H2,1H3. The average molecular weight is 253 g/mol. The van der Waals surface area contributed by atoms with E-state index in [0.717, 1.165) is 16.8 Å². The van der Waals surface area contributed by atoms with Gasteiger partial charge in [-0.2, -0.15) is 0 Å². The van der Waals surface area contributed by atoms with Crippen molar-refractivity contribution >= 4 is 5.97 Å². The lowest BCUT2D eigenvalue weighted by molar-refractivity contribution is 0.0519. The minimum atomic E-state index is -0.999. The van der Waals surface area contributed by atoms with Crippen LogP contribution in [-0.2, 0) is 4.74 Å². The molecule has 0 atom stereocenters. The molecular weight excluding hydrogens is 244 g/mol. The lowest BCUT2D eigenvalue weighted by Crippen LogP contribution is -2.04. The van der Waals surface area contributed by atoms with Crippen molar-refractivity contribution < 1.29 is 18.3 Å². The molecule has 1 heterocycles. The Labute approximate surface area is 101 Å². The molecule has 0 aliphatic heterocycles. The van der Waals surface area contributed by atoms with Crippen LogP contribution in [-0.4, -0.2) is 27.6 Å². The van der Waals surface area contributed by atoms with E-state index in [0.29, 0.717) is 0 Å². The van der Waals surface area contributed by atoms with Gasteiger partial charge in [-0.25, -0.2) is 18.3 Å². The molecule has 18 heavy (non-hydrogen) atoms. The largest absolute Gasteiger partial charge is 0.461 e. The highest BCUT2D eigenvalue weighted by molar-refractivity contribution is 5.86. The molecule has 7 heteroatoms. The first-order chi connectivity index (χ1) is 8.61. The molecule has 0 saturated carbocycles. The quantitative estimate of drug-likeness (QED) is 0.781. The highest BCUT2D eigenvalue weighted by Gasteiger charge is 2.13. The molecule has 94 valence electrons. The molecule has 5 nitrogen and oxygen atoms in total. The molecule has 0 N–H and O–H groups in total. The summed E-state index contributed by atoms with van der Waals surface area (Å²) in [7, 11) is 0. The lowest BCUT2D eigenvalue weighted by Gasteiger charge is -2.00. The number of carbonyl (C=O) groups is 1. The molecule has 0 unspecified atom stereocenters. The van der Waals surface area contributed by atoms with Gasteiger partial charge < -0.3 is 4.74 Å². The van der Waals surface area contributed by atoms with Crippen molar-refractivity contribution in [2.75, 3.05) is 6.61 Å². The van der Waals surface area contributed by atoms with Gasteiger partial charge in [0.1, 0.15) is 0 Å². The Bertz CT molecular complexity index is 583. The fourth-order valence-electron chi connectivity index (χ4n) is 1.32. The fraction of sp³-hybridized carbons (Fsp3) is 0.182. The van der Waals surface area contributed by atoms with Crippen molar-refractivity contribution in [2.24, 2.45) is 0 Å². The van der Waals surface area contributed by atoms with Crippen LogP contribution in [0.15, 0.2) is 24.4 Å². The first-order valence-electron chi connectivity index (χ1n) is 5.16. The number of hydrogen-bond acceptors (Lipinski definition) is 4. The SMILES string of the molecule is CCOC(=O)c1cn(-c2ccc(F)c(F)c2)nn1. The smallest absolute Gasteiger partial charge is 0.360 e. The minimum Gasteiger partial charge on any atom is -0.461 e. The molecule has 2 rings (SSSR count).